The molecule has 230 valence electrons. The molecule has 2 amide bonds. The smallest absolute Gasteiger partial charge is 0.243 e. The number of hydrogen-bond donors (Lipinski definition) is 1. The molecule has 3 aromatic rings. The highest BCUT2D eigenvalue weighted by Gasteiger charge is 2.32. The molecule has 0 bridgehead atoms. The fourth-order valence-electron chi connectivity index (χ4n) is 5.74. The van der Waals surface area contributed by atoms with Gasteiger partial charge in [-0.2, -0.15) is 0 Å². The van der Waals surface area contributed by atoms with Gasteiger partial charge in [0.15, 0.2) is 0 Å². The molecule has 1 N–H and O–H groups in total. The summed E-state index contributed by atoms with van der Waals surface area (Å²) in [5.74, 6) is -0.339. The topological polar surface area (TPSA) is 86.8 Å². The van der Waals surface area contributed by atoms with E-state index in [0.29, 0.717) is 17.1 Å². The van der Waals surface area contributed by atoms with E-state index < -0.39 is 16.1 Å². The van der Waals surface area contributed by atoms with Crippen molar-refractivity contribution in [2.75, 3.05) is 17.1 Å². The first-order valence-electron chi connectivity index (χ1n) is 15.0. The maximum atomic E-state index is 14.0. The second-order valence-corrected chi connectivity index (χ2v) is 13.8. The Morgan fingerprint density at radius 2 is 1.63 bits per heavy atom. The normalized spacial score (nSPS) is 14.6. The Labute approximate surface area is 261 Å². The molecule has 1 saturated carbocycles. The zero-order valence-electron chi connectivity index (χ0n) is 25.0. The lowest BCUT2D eigenvalue weighted by molar-refractivity contribution is -0.141. The van der Waals surface area contributed by atoms with Gasteiger partial charge in [-0.25, -0.2) is 8.42 Å². The number of anilines is 1. The number of halogens is 1. The SMILES string of the molecule is Cc1cccc(CN(C(=O)CCCN(c2cccc(Cl)c2)S(C)(=O)=O)C(Cc2ccccc2)C(=O)NC2CCCCC2)c1. The Hall–Kier alpha value is -3.36. The molecule has 0 spiro atoms. The molecular weight excluding hydrogens is 582 g/mol. The van der Waals surface area contributed by atoms with Gasteiger partial charge >= 0.3 is 0 Å². The summed E-state index contributed by atoms with van der Waals surface area (Å²) in [5, 5.41) is 3.69. The number of hydrogen-bond acceptors (Lipinski definition) is 4. The van der Waals surface area contributed by atoms with Gasteiger partial charge in [-0.05, 0) is 55.5 Å². The minimum atomic E-state index is -3.61. The first-order chi connectivity index (χ1) is 20.6. The summed E-state index contributed by atoms with van der Waals surface area (Å²) in [5.41, 5.74) is 3.43. The number of aryl methyl sites for hydroxylation is 1. The van der Waals surface area contributed by atoms with E-state index in [-0.39, 0.29) is 43.8 Å². The summed E-state index contributed by atoms with van der Waals surface area (Å²) in [4.78, 5) is 29.7. The third-order valence-electron chi connectivity index (χ3n) is 7.91. The molecule has 0 radical (unpaired) electrons. The molecule has 0 aromatic heterocycles. The van der Waals surface area contributed by atoms with Crippen molar-refractivity contribution in [3.8, 4) is 0 Å². The van der Waals surface area contributed by atoms with Crippen molar-refractivity contribution < 1.29 is 18.0 Å². The minimum absolute atomic E-state index is 0.0837. The average Bonchev–Trinajstić information content (AvgIpc) is 2.97. The number of rotatable bonds is 13. The second-order valence-electron chi connectivity index (χ2n) is 11.5. The number of carbonyl (C=O) groups excluding carboxylic acids is 2. The van der Waals surface area contributed by atoms with Gasteiger partial charge in [0.25, 0.3) is 0 Å². The molecule has 1 fully saturated rings. The highest BCUT2D eigenvalue weighted by molar-refractivity contribution is 7.92. The standard InChI is InChI=1S/C34H42ClN3O4S/c1-26-12-9-15-28(22-26)25-37(33(39)20-11-21-38(43(2,41)42)31-19-10-16-29(35)24-31)32(23-27-13-5-3-6-14-27)34(40)36-30-17-7-4-8-18-30/h3,5-6,9-10,12-16,19,22,24,30,32H,4,7-8,11,17-18,20-21,23,25H2,1-2H3,(H,36,40). The predicted octanol–water partition coefficient (Wildman–Crippen LogP) is 6.28. The third-order valence-corrected chi connectivity index (χ3v) is 9.34. The maximum absolute atomic E-state index is 14.0. The summed E-state index contributed by atoms with van der Waals surface area (Å²) in [6, 6.07) is 23.8. The number of nitrogens with zero attached hydrogens (tertiary/aromatic N) is 2. The maximum Gasteiger partial charge on any atom is 0.243 e. The second kappa shape index (κ2) is 15.4. The van der Waals surface area contributed by atoms with Crippen LogP contribution in [0.1, 0.15) is 61.6 Å². The third kappa shape index (κ3) is 9.83. The summed E-state index contributed by atoms with van der Waals surface area (Å²) in [6.45, 7) is 2.39. The fourth-order valence-corrected chi connectivity index (χ4v) is 6.88. The van der Waals surface area contributed by atoms with E-state index in [1.807, 2.05) is 61.5 Å². The van der Waals surface area contributed by atoms with Crippen molar-refractivity contribution in [2.45, 2.75) is 76.9 Å². The van der Waals surface area contributed by atoms with Crippen LogP contribution in [0.5, 0.6) is 0 Å². The monoisotopic (exact) mass is 623 g/mol. The largest absolute Gasteiger partial charge is 0.352 e. The lowest BCUT2D eigenvalue weighted by Gasteiger charge is -2.34. The summed E-state index contributed by atoms with van der Waals surface area (Å²) < 4.78 is 26.6. The molecule has 43 heavy (non-hydrogen) atoms. The highest BCUT2D eigenvalue weighted by atomic mass is 35.5. The van der Waals surface area contributed by atoms with E-state index in [1.165, 1.54) is 10.7 Å². The average molecular weight is 624 g/mol. The Balaban J connectivity index is 1.59. The highest BCUT2D eigenvalue weighted by Crippen LogP contribution is 2.24. The molecule has 1 aliphatic rings. The molecule has 0 heterocycles. The minimum Gasteiger partial charge on any atom is -0.352 e. The fraction of sp³-hybridized carbons (Fsp3) is 0.412. The molecule has 0 saturated heterocycles. The lowest BCUT2D eigenvalue weighted by Crippen LogP contribution is -2.53. The van der Waals surface area contributed by atoms with Gasteiger partial charge < -0.3 is 10.2 Å². The van der Waals surface area contributed by atoms with Crippen LogP contribution in [0.15, 0.2) is 78.9 Å². The van der Waals surface area contributed by atoms with Gasteiger partial charge in [-0.15, -0.1) is 0 Å². The molecule has 0 aliphatic heterocycles. The number of sulfonamides is 1. The van der Waals surface area contributed by atoms with E-state index in [0.717, 1.165) is 48.6 Å². The number of nitrogens with one attached hydrogen (secondary N) is 1. The molecule has 4 rings (SSSR count). The zero-order valence-corrected chi connectivity index (χ0v) is 26.6. The Bertz CT molecular complexity index is 1480. The van der Waals surface area contributed by atoms with Crippen LogP contribution in [0.25, 0.3) is 0 Å². The van der Waals surface area contributed by atoms with Crippen LogP contribution in [-0.4, -0.2) is 50.0 Å². The number of amides is 2. The molecule has 1 atom stereocenters. The van der Waals surface area contributed by atoms with Crippen molar-refractivity contribution in [1.82, 2.24) is 10.2 Å². The van der Waals surface area contributed by atoms with Crippen LogP contribution in [0, 0.1) is 6.92 Å². The van der Waals surface area contributed by atoms with Crippen LogP contribution in [0.3, 0.4) is 0 Å². The van der Waals surface area contributed by atoms with E-state index in [4.69, 9.17) is 11.6 Å². The quantitative estimate of drug-likeness (QED) is 0.243. The van der Waals surface area contributed by atoms with E-state index in [2.05, 4.69) is 5.32 Å². The van der Waals surface area contributed by atoms with Crippen molar-refractivity contribution in [3.05, 3.63) is 101 Å². The van der Waals surface area contributed by atoms with Crippen molar-refractivity contribution in [1.29, 1.82) is 0 Å². The summed E-state index contributed by atoms with van der Waals surface area (Å²) in [7, 11) is -3.61. The first-order valence-corrected chi connectivity index (χ1v) is 17.3. The summed E-state index contributed by atoms with van der Waals surface area (Å²) in [6.07, 6.45) is 7.14. The number of benzene rings is 3. The van der Waals surface area contributed by atoms with E-state index in [1.54, 1.807) is 29.2 Å². The molecule has 1 aliphatic carbocycles. The lowest BCUT2D eigenvalue weighted by atomic mass is 9.94. The van der Waals surface area contributed by atoms with Gasteiger partial charge in [-0.3, -0.25) is 13.9 Å². The van der Waals surface area contributed by atoms with Gasteiger partial charge in [-0.1, -0.05) is 97.1 Å². The molecule has 1 unspecified atom stereocenters. The van der Waals surface area contributed by atoms with Gasteiger partial charge in [0.2, 0.25) is 21.8 Å². The van der Waals surface area contributed by atoms with Gasteiger partial charge in [0.1, 0.15) is 6.04 Å². The van der Waals surface area contributed by atoms with Gasteiger partial charge in [0.05, 0.1) is 11.9 Å². The predicted molar refractivity (Wildman–Crippen MR) is 174 cm³/mol. The van der Waals surface area contributed by atoms with Crippen LogP contribution < -0.4 is 9.62 Å². The van der Waals surface area contributed by atoms with Gasteiger partial charge in [0, 0.05) is 37.0 Å². The number of carbonyl (C=O) groups is 2. The Morgan fingerprint density at radius 3 is 2.30 bits per heavy atom. The van der Waals surface area contributed by atoms with Crippen molar-refractivity contribution >= 4 is 39.1 Å². The molecule has 7 nitrogen and oxygen atoms in total. The van der Waals surface area contributed by atoms with E-state index in [9.17, 15) is 18.0 Å². The van der Waals surface area contributed by atoms with E-state index >= 15 is 0 Å². The molecule has 3 aromatic carbocycles. The van der Waals surface area contributed by atoms with Crippen LogP contribution in [0.4, 0.5) is 5.69 Å². The van der Waals surface area contributed by atoms with Crippen LogP contribution >= 0.6 is 11.6 Å². The molecular formula is C34H42ClN3O4S. The van der Waals surface area contributed by atoms with Crippen LogP contribution in [0.2, 0.25) is 5.02 Å². The molecule has 9 heteroatoms. The zero-order chi connectivity index (χ0) is 30.8. The Kier molecular flexibility index (Phi) is 11.7. The van der Waals surface area contributed by atoms with Crippen LogP contribution in [-0.2, 0) is 32.6 Å². The summed E-state index contributed by atoms with van der Waals surface area (Å²) >= 11 is 6.13. The Morgan fingerprint density at radius 1 is 0.930 bits per heavy atom. The first kappa shape index (κ1) is 32.6. The van der Waals surface area contributed by atoms with Crippen molar-refractivity contribution in [2.24, 2.45) is 0 Å². The van der Waals surface area contributed by atoms with Crippen molar-refractivity contribution in [3.63, 3.8) is 0 Å².